The maximum atomic E-state index is 12.3. The van der Waals surface area contributed by atoms with Gasteiger partial charge in [-0.05, 0) is 87.8 Å². The molecule has 1 aliphatic rings. The highest BCUT2D eigenvalue weighted by Crippen LogP contribution is 2.40. The monoisotopic (exact) mass is 447 g/mol. The largest absolute Gasteiger partial charge is 0.462 e. The zero-order valence-corrected chi connectivity index (χ0v) is 20.8. The Morgan fingerprint density at radius 2 is 1.79 bits per heavy atom. The second-order valence-corrected chi connectivity index (χ2v) is 9.21. The van der Waals surface area contributed by atoms with Crippen molar-refractivity contribution < 1.29 is 14.3 Å². The Bertz CT molecular complexity index is 1000. The number of hydrogen-bond acceptors (Lipinski definition) is 3. The van der Waals surface area contributed by atoms with Gasteiger partial charge in [-0.25, -0.2) is 4.79 Å². The zero-order valence-electron chi connectivity index (χ0n) is 20.8. The molecule has 0 fully saturated rings. The molecule has 1 aliphatic carbocycles. The van der Waals surface area contributed by atoms with Crippen molar-refractivity contribution in [3.05, 3.63) is 88.6 Å². The fourth-order valence-electron chi connectivity index (χ4n) is 3.97. The van der Waals surface area contributed by atoms with Gasteiger partial charge < -0.3 is 10.1 Å². The molecule has 176 valence electrons. The Hall–Kier alpha value is -3.14. The number of ether oxygens (including phenoxy) is 1. The van der Waals surface area contributed by atoms with Crippen LogP contribution in [0.1, 0.15) is 71.2 Å². The van der Waals surface area contributed by atoms with Crippen LogP contribution in [0, 0.1) is 5.41 Å². The Morgan fingerprint density at radius 1 is 1.09 bits per heavy atom. The molecule has 0 unspecified atom stereocenters. The molecule has 2 rings (SSSR count). The number of amides is 1. The quantitative estimate of drug-likeness (QED) is 0.258. The Labute approximate surface area is 198 Å². The minimum atomic E-state index is -0.372. The molecule has 0 heterocycles. The van der Waals surface area contributed by atoms with E-state index in [-0.39, 0.29) is 17.3 Å². The summed E-state index contributed by atoms with van der Waals surface area (Å²) in [4.78, 5) is 24.0. The molecule has 0 atom stereocenters. The maximum Gasteiger partial charge on any atom is 0.338 e. The fourth-order valence-corrected chi connectivity index (χ4v) is 3.97. The average Bonchev–Trinajstić information content (AvgIpc) is 2.73. The average molecular weight is 448 g/mol. The van der Waals surface area contributed by atoms with Crippen LogP contribution in [0.5, 0.6) is 0 Å². The molecule has 1 amide bonds. The van der Waals surface area contributed by atoms with Gasteiger partial charge in [0, 0.05) is 11.8 Å². The number of benzene rings is 1. The zero-order chi connectivity index (χ0) is 24.4. The first-order valence-electron chi connectivity index (χ1n) is 11.6. The molecule has 4 nitrogen and oxygen atoms in total. The molecule has 33 heavy (non-hydrogen) atoms. The van der Waals surface area contributed by atoms with Gasteiger partial charge in [0.15, 0.2) is 0 Å². The van der Waals surface area contributed by atoms with E-state index in [1.165, 1.54) is 30.4 Å². The van der Waals surface area contributed by atoms with Crippen LogP contribution < -0.4 is 5.32 Å². The third-order valence-electron chi connectivity index (χ3n) is 5.80. The summed E-state index contributed by atoms with van der Waals surface area (Å²) in [5.74, 6) is -0.590. The molecule has 1 aromatic rings. The summed E-state index contributed by atoms with van der Waals surface area (Å²) in [5, 5.41) is 2.81. The highest BCUT2D eigenvalue weighted by molar-refractivity contribution is 6.00. The first-order chi connectivity index (χ1) is 15.6. The Kier molecular flexibility index (Phi) is 9.65. The lowest BCUT2D eigenvalue weighted by Gasteiger charge is -2.32. The summed E-state index contributed by atoms with van der Waals surface area (Å²) in [7, 11) is 0. The highest BCUT2D eigenvalue weighted by atomic mass is 16.5. The maximum absolute atomic E-state index is 12.3. The second-order valence-electron chi connectivity index (χ2n) is 9.21. The van der Waals surface area contributed by atoms with Gasteiger partial charge >= 0.3 is 5.97 Å². The van der Waals surface area contributed by atoms with Gasteiger partial charge in [-0.15, -0.1) is 0 Å². The van der Waals surface area contributed by atoms with Crippen molar-refractivity contribution in [2.75, 3.05) is 11.9 Å². The number of carbonyl (C=O) groups is 2. The number of anilines is 1. The number of hydrogen-bond donors (Lipinski definition) is 1. The van der Waals surface area contributed by atoms with Crippen molar-refractivity contribution in [1.82, 2.24) is 0 Å². The third-order valence-corrected chi connectivity index (χ3v) is 5.80. The fraction of sp³-hybridized carbons (Fsp3) is 0.379. The van der Waals surface area contributed by atoms with Crippen LogP contribution in [-0.2, 0) is 9.53 Å². The van der Waals surface area contributed by atoms with Crippen LogP contribution in [0.3, 0.4) is 0 Å². The highest BCUT2D eigenvalue weighted by Gasteiger charge is 2.26. The van der Waals surface area contributed by atoms with Gasteiger partial charge in [-0.2, -0.15) is 0 Å². The lowest BCUT2D eigenvalue weighted by atomic mass is 9.72. The molecule has 0 bridgehead atoms. The molecule has 0 saturated carbocycles. The molecule has 0 saturated heterocycles. The van der Waals surface area contributed by atoms with Crippen molar-refractivity contribution in [3.63, 3.8) is 0 Å². The van der Waals surface area contributed by atoms with E-state index < -0.39 is 0 Å². The van der Waals surface area contributed by atoms with E-state index in [9.17, 15) is 9.59 Å². The summed E-state index contributed by atoms with van der Waals surface area (Å²) in [6, 6.07) is 6.65. The summed E-state index contributed by atoms with van der Waals surface area (Å²) in [6.07, 6.45) is 15.6. The van der Waals surface area contributed by atoms with E-state index in [0.717, 1.165) is 11.1 Å². The van der Waals surface area contributed by atoms with Crippen molar-refractivity contribution in [2.24, 2.45) is 5.41 Å². The lowest BCUT2D eigenvalue weighted by Crippen LogP contribution is -2.19. The first kappa shape index (κ1) is 26.1. The predicted molar refractivity (Wildman–Crippen MR) is 137 cm³/mol. The number of esters is 1. The van der Waals surface area contributed by atoms with Crippen molar-refractivity contribution >= 4 is 17.6 Å². The number of allylic oxidation sites excluding steroid dienone is 9. The van der Waals surface area contributed by atoms with Crippen LogP contribution in [-0.4, -0.2) is 18.5 Å². The summed E-state index contributed by atoms with van der Waals surface area (Å²) in [6.45, 7) is 12.9. The van der Waals surface area contributed by atoms with Crippen LogP contribution >= 0.6 is 0 Å². The predicted octanol–water partition coefficient (Wildman–Crippen LogP) is 7.33. The molecule has 0 aliphatic heterocycles. The minimum absolute atomic E-state index is 0.219. The van der Waals surface area contributed by atoms with Crippen LogP contribution in [0.2, 0.25) is 0 Å². The van der Waals surface area contributed by atoms with Gasteiger partial charge in [0.25, 0.3) is 0 Å². The number of nitrogens with one attached hydrogen (secondary N) is 1. The van der Waals surface area contributed by atoms with Crippen molar-refractivity contribution in [1.29, 1.82) is 0 Å². The molecular weight excluding hydrogens is 410 g/mol. The van der Waals surface area contributed by atoms with Gasteiger partial charge in [0.1, 0.15) is 0 Å². The van der Waals surface area contributed by atoms with Crippen LogP contribution in [0.25, 0.3) is 0 Å². The van der Waals surface area contributed by atoms with E-state index in [1.807, 2.05) is 25.2 Å². The second kappa shape index (κ2) is 12.2. The lowest BCUT2D eigenvalue weighted by molar-refractivity contribution is -0.111. The molecule has 0 aromatic heterocycles. The molecular formula is C29H37NO3. The molecule has 0 spiro atoms. The topological polar surface area (TPSA) is 55.4 Å². The Morgan fingerprint density at radius 3 is 2.42 bits per heavy atom. The molecule has 0 radical (unpaired) electrons. The van der Waals surface area contributed by atoms with Crippen molar-refractivity contribution in [3.8, 4) is 0 Å². The normalized spacial score (nSPS) is 17.0. The minimum Gasteiger partial charge on any atom is -0.462 e. The SMILES string of the molecule is CCOC(=O)c1ccc(NC(=O)/C=C(C)/C=C/C=C(C)/C=C/C2=C(C)CCCC2(C)C)cc1. The van der Waals surface area contributed by atoms with Gasteiger partial charge in [-0.1, -0.05) is 55.4 Å². The van der Waals surface area contributed by atoms with Gasteiger partial charge in [0.2, 0.25) is 5.91 Å². The van der Waals surface area contributed by atoms with Crippen molar-refractivity contribution in [2.45, 2.75) is 60.8 Å². The summed E-state index contributed by atoms with van der Waals surface area (Å²) in [5.41, 5.74) is 6.26. The number of rotatable bonds is 8. The molecule has 4 heteroatoms. The van der Waals surface area contributed by atoms with E-state index in [0.29, 0.717) is 17.9 Å². The van der Waals surface area contributed by atoms with Crippen LogP contribution in [0.15, 0.2) is 83.0 Å². The standard InChI is InChI=1S/C29H37NO3/c1-7-33-28(32)24-14-16-25(17-15-24)30-27(31)20-22(3)11-8-10-21(2)13-18-26-23(4)12-9-19-29(26,5)6/h8,10-11,13-18,20H,7,9,12,19H2,1-6H3,(H,30,31)/b11-8+,18-13+,21-10+,22-20+. The summed E-state index contributed by atoms with van der Waals surface area (Å²) >= 11 is 0. The molecule has 1 N–H and O–H groups in total. The van der Waals surface area contributed by atoms with E-state index in [2.05, 4.69) is 45.2 Å². The number of carbonyl (C=O) groups excluding carboxylic acids is 2. The Balaban J connectivity index is 1.94. The molecule has 1 aromatic carbocycles. The smallest absolute Gasteiger partial charge is 0.338 e. The van der Waals surface area contributed by atoms with Gasteiger partial charge in [0.05, 0.1) is 12.2 Å². The van der Waals surface area contributed by atoms with E-state index in [1.54, 1.807) is 37.3 Å². The summed E-state index contributed by atoms with van der Waals surface area (Å²) < 4.78 is 4.96. The van der Waals surface area contributed by atoms with Gasteiger partial charge in [-0.3, -0.25) is 4.79 Å². The van der Waals surface area contributed by atoms with E-state index >= 15 is 0 Å². The van der Waals surface area contributed by atoms with Crippen LogP contribution in [0.4, 0.5) is 5.69 Å². The first-order valence-corrected chi connectivity index (χ1v) is 11.6. The van der Waals surface area contributed by atoms with E-state index in [4.69, 9.17) is 4.74 Å². The third kappa shape index (κ3) is 8.38.